The number of ether oxygens (including phenoxy) is 1. The maximum Gasteiger partial charge on any atom is 0.122 e. The fraction of sp³-hybridized carbons (Fsp3) is 0.294. The van der Waals surface area contributed by atoms with Crippen molar-refractivity contribution < 1.29 is 4.74 Å². The Bertz CT molecular complexity index is 637. The lowest BCUT2D eigenvalue weighted by Gasteiger charge is -2.13. The average molecular weight is 322 g/mol. The Morgan fingerprint density at radius 3 is 2.62 bits per heavy atom. The zero-order valence-corrected chi connectivity index (χ0v) is 13.1. The third-order valence-corrected chi connectivity index (χ3v) is 4.25. The zero-order chi connectivity index (χ0) is 14.8. The molecule has 0 fully saturated rings. The van der Waals surface area contributed by atoms with Gasteiger partial charge in [0.05, 0.1) is 6.61 Å². The average Bonchev–Trinajstić information content (AvgIpc) is 2.91. The van der Waals surface area contributed by atoms with Gasteiger partial charge in [0.1, 0.15) is 5.75 Å². The molecule has 2 nitrogen and oxygen atoms in total. The highest BCUT2D eigenvalue weighted by Gasteiger charge is 2.13. The number of fused-ring (bicyclic) bond motifs is 1. The summed E-state index contributed by atoms with van der Waals surface area (Å²) in [6.45, 7) is 0.791. The molecule has 1 aliphatic rings. The van der Waals surface area contributed by atoms with E-state index < -0.39 is 0 Å². The Morgan fingerprint density at radius 2 is 1.86 bits per heavy atom. The van der Waals surface area contributed by atoms with Gasteiger partial charge in [-0.1, -0.05) is 35.3 Å². The predicted octanol–water partition coefficient (Wildman–Crippen LogP) is 4.56. The largest absolute Gasteiger partial charge is 0.493 e. The molecule has 4 heteroatoms. The molecule has 1 unspecified atom stereocenters. The molecule has 0 spiro atoms. The SMILES string of the molecule is NC(CCc1ccc2c(c1)CCO2)c1cc(Cl)cc(Cl)c1. The van der Waals surface area contributed by atoms with Crippen LogP contribution in [-0.4, -0.2) is 6.61 Å². The Kier molecular flexibility index (Phi) is 4.39. The van der Waals surface area contributed by atoms with Gasteiger partial charge in [0, 0.05) is 22.5 Å². The van der Waals surface area contributed by atoms with Crippen molar-refractivity contribution in [1.29, 1.82) is 0 Å². The fourth-order valence-corrected chi connectivity index (χ4v) is 3.22. The smallest absolute Gasteiger partial charge is 0.122 e. The summed E-state index contributed by atoms with van der Waals surface area (Å²) >= 11 is 12.0. The molecule has 1 heterocycles. The predicted molar refractivity (Wildman–Crippen MR) is 87.4 cm³/mol. The van der Waals surface area contributed by atoms with Crippen molar-refractivity contribution >= 4 is 23.2 Å². The van der Waals surface area contributed by atoms with E-state index in [1.807, 2.05) is 12.1 Å². The molecule has 2 aromatic carbocycles. The third kappa shape index (κ3) is 3.52. The normalized spacial score (nSPS) is 14.6. The van der Waals surface area contributed by atoms with E-state index in [4.69, 9.17) is 33.7 Å². The monoisotopic (exact) mass is 321 g/mol. The highest BCUT2D eigenvalue weighted by Crippen LogP contribution is 2.28. The van der Waals surface area contributed by atoms with Crippen molar-refractivity contribution in [2.24, 2.45) is 5.73 Å². The second kappa shape index (κ2) is 6.27. The molecule has 3 rings (SSSR count). The van der Waals surface area contributed by atoms with Crippen molar-refractivity contribution in [3.05, 3.63) is 63.1 Å². The van der Waals surface area contributed by atoms with Gasteiger partial charge >= 0.3 is 0 Å². The maximum absolute atomic E-state index is 6.25. The van der Waals surface area contributed by atoms with Crippen LogP contribution in [0.1, 0.15) is 29.2 Å². The number of hydrogen-bond acceptors (Lipinski definition) is 2. The van der Waals surface area contributed by atoms with Crippen LogP contribution in [0.25, 0.3) is 0 Å². The van der Waals surface area contributed by atoms with Crippen molar-refractivity contribution in [2.45, 2.75) is 25.3 Å². The highest BCUT2D eigenvalue weighted by atomic mass is 35.5. The van der Waals surface area contributed by atoms with Crippen LogP contribution in [0.5, 0.6) is 5.75 Å². The number of rotatable bonds is 4. The first-order valence-corrected chi connectivity index (χ1v) is 7.83. The van der Waals surface area contributed by atoms with E-state index in [0.29, 0.717) is 10.0 Å². The molecule has 0 aliphatic carbocycles. The van der Waals surface area contributed by atoms with Gasteiger partial charge in [0.25, 0.3) is 0 Å². The highest BCUT2D eigenvalue weighted by molar-refractivity contribution is 6.34. The number of hydrogen-bond donors (Lipinski definition) is 1. The van der Waals surface area contributed by atoms with Crippen LogP contribution < -0.4 is 10.5 Å². The summed E-state index contributed by atoms with van der Waals surface area (Å²) in [5.74, 6) is 1.02. The van der Waals surface area contributed by atoms with Crippen molar-refractivity contribution in [3.63, 3.8) is 0 Å². The van der Waals surface area contributed by atoms with Crippen LogP contribution in [0.15, 0.2) is 36.4 Å². The van der Waals surface area contributed by atoms with Gasteiger partial charge in [0.2, 0.25) is 0 Å². The molecule has 0 saturated carbocycles. The Labute approximate surface area is 134 Å². The fourth-order valence-electron chi connectivity index (χ4n) is 2.67. The molecule has 2 N–H and O–H groups in total. The van der Waals surface area contributed by atoms with Crippen molar-refractivity contribution in [3.8, 4) is 5.75 Å². The second-order valence-electron chi connectivity index (χ2n) is 5.39. The zero-order valence-electron chi connectivity index (χ0n) is 11.6. The molecule has 2 aromatic rings. The molecule has 110 valence electrons. The van der Waals surface area contributed by atoms with Crippen molar-refractivity contribution in [1.82, 2.24) is 0 Å². The lowest BCUT2D eigenvalue weighted by molar-refractivity contribution is 0.357. The van der Waals surface area contributed by atoms with Gasteiger partial charge in [-0.25, -0.2) is 0 Å². The molecule has 0 saturated heterocycles. The summed E-state index contributed by atoms with van der Waals surface area (Å²) in [5, 5.41) is 1.25. The maximum atomic E-state index is 6.25. The molecule has 0 radical (unpaired) electrons. The summed E-state index contributed by atoms with van der Waals surface area (Å²) in [6, 6.07) is 11.8. The van der Waals surface area contributed by atoms with E-state index in [1.165, 1.54) is 11.1 Å². The van der Waals surface area contributed by atoms with Gasteiger partial charge in [0.15, 0.2) is 0 Å². The number of nitrogens with two attached hydrogens (primary N) is 1. The molecular formula is C17H17Cl2NO. The third-order valence-electron chi connectivity index (χ3n) is 3.81. The van der Waals surface area contributed by atoms with Gasteiger partial charge in [-0.2, -0.15) is 0 Å². The molecule has 21 heavy (non-hydrogen) atoms. The van der Waals surface area contributed by atoms with E-state index >= 15 is 0 Å². The second-order valence-corrected chi connectivity index (χ2v) is 6.26. The van der Waals surface area contributed by atoms with Crippen LogP contribution in [0.2, 0.25) is 10.0 Å². The lowest BCUT2D eigenvalue weighted by Crippen LogP contribution is -2.11. The van der Waals surface area contributed by atoms with Crippen LogP contribution in [0, 0.1) is 0 Å². The number of benzene rings is 2. The molecule has 1 aliphatic heterocycles. The Hall–Kier alpha value is -1.22. The number of halogens is 2. The summed E-state index contributed by atoms with van der Waals surface area (Å²) in [6.07, 6.45) is 2.79. The van der Waals surface area contributed by atoms with Crippen LogP contribution >= 0.6 is 23.2 Å². The van der Waals surface area contributed by atoms with E-state index in [9.17, 15) is 0 Å². The first kappa shape index (κ1) is 14.7. The van der Waals surface area contributed by atoms with E-state index in [2.05, 4.69) is 18.2 Å². The first-order valence-electron chi connectivity index (χ1n) is 7.08. The minimum absolute atomic E-state index is 0.0642. The minimum atomic E-state index is -0.0642. The summed E-state index contributed by atoms with van der Waals surface area (Å²) < 4.78 is 5.52. The van der Waals surface area contributed by atoms with E-state index in [-0.39, 0.29) is 6.04 Å². The summed E-state index contributed by atoms with van der Waals surface area (Å²) in [4.78, 5) is 0. The molecule has 1 atom stereocenters. The van der Waals surface area contributed by atoms with Crippen molar-refractivity contribution in [2.75, 3.05) is 6.61 Å². The van der Waals surface area contributed by atoms with Crippen LogP contribution in [-0.2, 0) is 12.8 Å². The standard InChI is InChI=1S/C17H17Cl2NO/c18-14-8-13(9-15(19)10-14)16(20)3-1-11-2-4-17-12(7-11)5-6-21-17/h2,4,7-10,16H,1,3,5-6,20H2. The Balaban J connectivity index is 1.66. The van der Waals surface area contributed by atoms with Gasteiger partial charge in [-0.15, -0.1) is 0 Å². The molecule has 0 aromatic heterocycles. The van der Waals surface area contributed by atoms with Gasteiger partial charge in [-0.05, 0) is 53.8 Å². The van der Waals surface area contributed by atoms with E-state index in [0.717, 1.165) is 37.2 Å². The molecule has 0 bridgehead atoms. The molecule has 0 amide bonds. The molecular weight excluding hydrogens is 305 g/mol. The van der Waals surface area contributed by atoms with Gasteiger partial charge < -0.3 is 10.5 Å². The van der Waals surface area contributed by atoms with Gasteiger partial charge in [-0.3, -0.25) is 0 Å². The first-order chi connectivity index (χ1) is 10.1. The quantitative estimate of drug-likeness (QED) is 0.895. The number of aryl methyl sites for hydroxylation is 1. The summed E-state index contributed by atoms with van der Waals surface area (Å²) in [7, 11) is 0. The minimum Gasteiger partial charge on any atom is -0.493 e. The summed E-state index contributed by atoms with van der Waals surface area (Å²) in [5.41, 5.74) is 9.83. The van der Waals surface area contributed by atoms with E-state index in [1.54, 1.807) is 6.07 Å². The lowest BCUT2D eigenvalue weighted by atomic mass is 9.98. The Morgan fingerprint density at radius 1 is 1.10 bits per heavy atom. The topological polar surface area (TPSA) is 35.2 Å². The van der Waals surface area contributed by atoms with Crippen LogP contribution in [0.3, 0.4) is 0 Å². The van der Waals surface area contributed by atoms with Crippen LogP contribution in [0.4, 0.5) is 0 Å².